The Labute approximate surface area is 154 Å². The molecule has 4 nitrogen and oxygen atoms in total. The first-order chi connectivity index (χ1) is 12.1. The summed E-state index contributed by atoms with van der Waals surface area (Å²) in [6, 6.07) is 18.3. The van der Waals surface area contributed by atoms with Gasteiger partial charge in [0, 0.05) is 16.6 Å². The molecule has 6 heteroatoms. The molecule has 0 saturated heterocycles. The van der Waals surface area contributed by atoms with Crippen LogP contribution in [0, 0.1) is 11.3 Å². The Kier molecular flexibility index (Phi) is 4.99. The van der Waals surface area contributed by atoms with Gasteiger partial charge in [-0.2, -0.15) is 5.26 Å². The molecule has 0 aliphatic carbocycles. The van der Waals surface area contributed by atoms with Gasteiger partial charge in [0.25, 0.3) is 5.91 Å². The zero-order valence-corrected chi connectivity index (χ0v) is 14.3. The molecule has 0 spiro atoms. The fourth-order valence-corrected chi connectivity index (χ4v) is 2.76. The molecule has 0 saturated carbocycles. The minimum atomic E-state index is -0.523. The lowest BCUT2D eigenvalue weighted by molar-refractivity contribution is -0.112. The summed E-state index contributed by atoms with van der Waals surface area (Å²) >= 11 is 11.7. The third kappa shape index (κ3) is 3.80. The number of aromatic nitrogens is 1. The van der Waals surface area contributed by atoms with Gasteiger partial charge in [0.15, 0.2) is 0 Å². The Hall–Kier alpha value is -2.87. The second-order valence-corrected chi connectivity index (χ2v) is 5.91. The highest BCUT2D eigenvalue weighted by atomic mass is 35.5. The van der Waals surface area contributed by atoms with Crippen LogP contribution < -0.4 is 5.32 Å². The van der Waals surface area contributed by atoms with Crippen molar-refractivity contribution >= 4 is 51.6 Å². The van der Waals surface area contributed by atoms with Crippen molar-refractivity contribution in [2.75, 3.05) is 5.32 Å². The number of nitrogens with one attached hydrogen (secondary N) is 1. The Balaban J connectivity index is 1.93. The summed E-state index contributed by atoms with van der Waals surface area (Å²) < 4.78 is 0. The van der Waals surface area contributed by atoms with E-state index in [4.69, 9.17) is 23.2 Å². The Bertz CT molecular complexity index is 1030. The number of nitrogens with zero attached hydrogens (tertiary/aromatic N) is 2. The van der Waals surface area contributed by atoms with Gasteiger partial charge in [0.2, 0.25) is 0 Å². The second-order valence-electron chi connectivity index (χ2n) is 5.16. The Morgan fingerprint density at radius 2 is 1.84 bits per heavy atom. The second kappa shape index (κ2) is 7.35. The van der Waals surface area contributed by atoms with Crippen LogP contribution in [0.1, 0.15) is 5.56 Å². The highest BCUT2D eigenvalue weighted by Gasteiger charge is 2.12. The third-order valence-corrected chi connectivity index (χ3v) is 4.06. The summed E-state index contributed by atoms with van der Waals surface area (Å²) in [4.78, 5) is 16.4. The van der Waals surface area contributed by atoms with Gasteiger partial charge in [-0.1, -0.05) is 59.6 Å². The largest absolute Gasteiger partial charge is 0.321 e. The van der Waals surface area contributed by atoms with Gasteiger partial charge in [-0.15, -0.1) is 0 Å². The molecular formula is C19H11Cl2N3O. The predicted octanol–water partition coefficient (Wildman–Crippen LogP) is 5.09. The molecule has 0 fully saturated rings. The Morgan fingerprint density at radius 1 is 1.08 bits per heavy atom. The van der Waals surface area contributed by atoms with E-state index in [1.807, 2.05) is 42.5 Å². The van der Waals surface area contributed by atoms with E-state index in [-0.39, 0.29) is 15.9 Å². The molecule has 1 heterocycles. The predicted molar refractivity (Wildman–Crippen MR) is 100 cm³/mol. The normalized spacial score (nSPS) is 11.2. The van der Waals surface area contributed by atoms with Crippen LogP contribution in [0.4, 0.5) is 5.69 Å². The summed E-state index contributed by atoms with van der Waals surface area (Å²) in [5.41, 5.74) is 0.985. The summed E-state index contributed by atoms with van der Waals surface area (Å²) in [7, 11) is 0. The number of pyridine rings is 1. The molecule has 0 aliphatic rings. The standard InChI is InChI=1S/C19H11Cl2N3O/c20-17-9-8-13(18(21)24-17)10-14(11-22)19(25)23-16-7-3-5-12-4-1-2-6-15(12)16/h1-10H,(H,23,25)/b14-10-. The Morgan fingerprint density at radius 3 is 2.60 bits per heavy atom. The van der Waals surface area contributed by atoms with Gasteiger partial charge in [-0.05, 0) is 29.7 Å². The highest BCUT2D eigenvalue weighted by molar-refractivity contribution is 6.33. The van der Waals surface area contributed by atoms with Crippen LogP contribution in [-0.2, 0) is 4.79 Å². The smallest absolute Gasteiger partial charge is 0.266 e. The third-order valence-electron chi connectivity index (χ3n) is 3.55. The number of rotatable bonds is 3. The van der Waals surface area contributed by atoms with Crippen LogP contribution in [0.15, 0.2) is 60.2 Å². The highest BCUT2D eigenvalue weighted by Crippen LogP contribution is 2.24. The molecule has 1 aromatic heterocycles. The number of benzene rings is 2. The van der Waals surface area contributed by atoms with Crippen molar-refractivity contribution in [3.8, 4) is 6.07 Å². The minimum absolute atomic E-state index is 0.0843. The molecule has 0 unspecified atom stereocenters. The zero-order valence-electron chi connectivity index (χ0n) is 12.8. The summed E-state index contributed by atoms with van der Waals surface area (Å²) in [6.45, 7) is 0. The average molecular weight is 368 g/mol. The maximum absolute atomic E-state index is 12.5. The minimum Gasteiger partial charge on any atom is -0.321 e. The van der Waals surface area contributed by atoms with Crippen molar-refractivity contribution in [3.63, 3.8) is 0 Å². The molecule has 1 amide bonds. The number of amides is 1. The lowest BCUT2D eigenvalue weighted by Gasteiger charge is -2.08. The number of halogens is 2. The summed E-state index contributed by atoms with van der Waals surface area (Å²) in [6.07, 6.45) is 1.38. The monoisotopic (exact) mass is 367 g/mol. The number of carbonyl (C=O) groups is 1. The van der Waals surface area contributed by atoms with Crippen molar-refractivity contribution in [2.45, 2.75) is 0 Å². The molecule has 0 radical (unpaired) electrons. The van der Waals surface area contributed by atoms with E-state index in [0.717, 1.165) is 10.8 Å². The van der Waals surface area contributed by atoms with Gasteiger partial charge < -0.3 is 5.32 Å². The van der Waals surface area contributed by atoms with E-state index in [1.54, 1.807) is 12.1 Å². The molecule has 25 heavy (non-hydrogen) atoms. The average Bonchev–Trinajstić information content (AvgIpc) is 2.61. The molecule has 0 bridgehead atoms. The van der Waals surface area contributed by atoms with E-state index >= 15 is 0 Å². The quantitative estimate of drug-likeness (QED) is 0.398. The first-order valence-electron chi connectivity index (χ1n) is 7.31. The maximum atomic E-state index is 12.5. The molecular weight excluding hydrogens is 357 g/mol. The van der Waals surface area contributed by atoms with Gasteiger partial charge in [0.1, 0.15) is 21.9 Å². The van der Waals surface area contributed by atoms with E-state index in [2.05, 4.69) is 10.3 Å². The number of hydrogen-bond acceptors (Lipinski definition) is 3. The SMILES string of the molecule is N#C/C(=C/c1ccc(Cl)nc1Cl)C(=O)Nc1cccc2ccccc12. The van der Waals surface area contributed by atoms with Gasteiger partial charge in [-0.3, -0.25) is 4.79 Å². The molecule has 3 aromatic rings. The van der Waals surface area contributed by atoms with Crippen LogP contribution in [0.2, 0.25) is 10.3 Å². The van der Waals surface area contributed by atoms with Crippen LogP contribution in [0.3, 0.4) is 0 Å². The molecule has 1 N–H and O–H groups in total. The summed E-state index contributed by atoms with van der Waals surface area (Å²) in [5.74, 6) is -0.523. The number of hydrogen-bond donors (Lipinski definition) is 1. The van der Waals surface area contributed by atoms with Crippen molar-refractivity contribution in [1.29, 1.82) is 5.26 Å². The maximum Gasteiger partial charge on any atom is 0.266 e. The van der Waals surface area contributed by atoms with Crippen LogP contribution in [-0.4, -0.2) is 10.9 Å². The fraction of sp³-hybridized carbons (Fsp3) is 0. The molecule has 0 atom stereocenters. The van der Waals surface area contributed by atoms with Gasteiger partial charge in [-0.25, -0.2) is 4.98 Å². The molecule has 122 valence electrons. The number of nitriles is 1. The lowest BCUT2D eigenvalue weighted by atomic mass is 10.1. The van der Waals surface area contributed by atoms with Gasteiger partial charge >= 0.3 is 0 Å². The first-order valence-corrected chi connectivity index (χ1v) is 8.07. The number of fused-ring (bicyclic) bond motifs is 1. The van der Waals surface area contributed by atoms with Crippen LogP contribution in [0.5, 0.6) is 0 Å². The van der Waals surface area contributed by atoms with Crippen molar-refractivity contribution in [3.05, 3.63) is 76.0 Å². The van der Waals surface area contributed by atoms with Crippen LogP contribution >= 0.6 is 23.2 Å². The van der Waals surface area contributed by atoms with E-state index in [1.165, 1.54) is 12.1 Å². The zero-order chi connectivity index (χ0) is 17.8. The van der Waals surface area contributed by atoms with E-state index in [0.29, 0.717) is 11.3 Å². The summed E-state index contributed by atoms with van der Waals surface area (Å²) in [5, 5.41) is 14.3. The lowest BCUT2D eigenvalue weighted by Crippen LogP contribution is -2.13. The first kappa shape index (κ1) is 17.0. The molecule has 3 rings (SSSR count). The van der Waals surface area contributed by atoms with Gasteiger partial charge in [0.05, 0.1) is 0 Å². The van der Waals surface area contributed by atoms with E-state index < -0.39 is 5.91 Å². The topological polar surface area (TPSA) is 65.8 Å². The molecule has 0 aliphatic heterocycles. The number of anilines is 1. The molecule has 2 aromatic carbocycles. The fourth-order valence-electron chi connectivity index (χ4n) is 2.36. The van der Waals surface area contributed by atoms with Crippen molar-refractivity contribution in [1.82, 2.24) is 4.98 Å². The van der Waals surface area contributed by atoms with Crippen molar-refractivity contribution < 1.29 is 4.79 Å². The number of carbonyl (C=O) groups excluding carboxylic acids is 1. The van der Waals surface area contributed by atoms with Crippen LogP contribution in [0.25, 0.3) is 16.8 Å². The van der Waals surface area contributed by atoms with Crippen molar-refractivity contribution in [2.24, 2.45) is 0 Å². The van der Waals surface area contributed by atoms with E-state index in [9.17, 15) is 10.1 Å².